The number of halogens is 2. The lowest BCUT2D eigenvalue weighted by Gasteiger charge is -2.17. The minimum Gasteiger partial charge on any atom is -0.357 e. The molecule has 2 rings (SSSR count). The maximum atomic E-state index is 12.5. The largest absolute Gasteiger partial charge is 0.357 e. The predicted octanol–water partition coefficient (Wildman–Crippen LogP) is 3.46. The molecule has 0 atom stereocenters. The number of nitrogens with zero attached hydrogens (tertiary/aromatic N) is 2. The van der Waals surface area contributed by atoms with E-state index in [0.29, 0.717) is 36.2 Å². The van der Waals surface area contributed by atoms with Gasteiger partial charge in [-0.05, 0) is 36.2 Å². The van der Waals surface area contributed by atoms with Crippen LogP contribution in [-0.2, 0) is 23.1 Å². The Morgan fingerprint density at radius 3 is 2.32 bits per heavy atom. The minimum atomic E-state index is -3.51. The highest BCUT2D eigenvalue weighted by atomic mass is 127. The van der Waals surface area contributed by atoms with Gasteiger partial charge in [0.05, 0.1) is 11.4 Å². The van der Waals surface area contributed by atoms with Crippen LogP contribution in [0.15, 0.2) is 58.4 Å². The summed E-state index contributed by atoms with van der Waals surface area (Å²) in [7, 11) is -0.457. The third-order valence-electron chi connectivity index (χ3n) is 3.85. The van der Waals surface area contributed by atoms with Gasteiger partial charge in [0.15, 0.2) is 5.96 Å². The molecule has 0 spiro atoms. The number of rotatable bonds is 7. The second-order valence-electron chi connectivity index (χ2n) is 6.07. The summed E-state index contributed by atoms with van der Waals surface area (Å²) in [4.78, 5) is 4.83. The monoisotopic (exact) mass is 536 g/mol. The molecular formula is C19H26ClIN4O2S. The van der Waals surface area contributed by atoms with Crippen LogP contribution in [0.25, 0.3) is 0 Å². The van der Waals surface area contributed by atoms with Crippen molar-refractivity contribution in [1.82, 2.24) is 14.9 Å². The maximum Gasteiger partial charge on any atom is 0.242 e. The first kappa shape index (κ1) is 24.7. The molecule has 0 aliphatic heterocycles. The molecule has 28 heavy (non-hydrogen) atoms. The van der Waals surface area contributed by atoms with Gasteiger partial charge in [0.2, 0.25) is 10.0 Å². The van der Waals surface area contributed by atoms with Gasteiger partial charge in [-0.1, -0.05) is 41.9 Å². The topological polar surface area (TPSA) is 73.8 Å². The van der Waals surface area contributed by atoms with Gasteiger partial charge in [-0.25, -0.2) is 17.7 Å². The summed E-state index contributed by atoms with van der Waals surface area (Å²) >= 11 is 5.90. The van der Waals surface area contributed by atoms with Gasteiger partial charge in [0.25, 0.3) is 0 Å². The molecule has 6 nitrogen and oxygen atoms in total. The molecule has 0 aliphatic rings. The SMILES string of the molecule is CCNC(=NCc1ccc(Cl)cc1)NCc1ccccc1S(=O)(=O)N(C)C.I. The number of benzene rings is 2. The summed E-state index contributed by atoms with van der Waals surface area (Å²) in [6, 6.07) is 14.5. The minimum absolute atomic E-state index is 0. The molecule has 9 heteroatoms. The van der Waals surface area contributed by atoms with E-state index in [-0.39, 0.29) is 28.9 Å². The maximum absolute atomic E-state index is 12.5. The van der Waals surface area contributed by atoms with E-state index in [0.717, 1.165) is 5.56 Å². The van der Waals surface area contributed by atoms with Crippen LogP contribution in [0.3, 0.4) is 0 Å². The summed E-state index contributed by atoms with van der Waals surface area (Å²) < 4.78 is 26.2. The molecule has 2 N–H and O–H groups in total. The van der Waals surface area contributed by atoms with Crippen molar-refractivity contribution in [2.75, 3.05) is 20.6 Å². The van der Waals surface area contributed by atoms with Gasteiger partial charge >= 0.3 is 0 Å². The molecular weight excluding hydrogens is 511 g/mol. The van der Waals surface area contributed by atoms with Crippen LogP contribution in [0.2, 0.25) is 5.02 Å². The lowest BCUT2D eigenvalue weighted by atomic mass is 10.2. The normalized spacial score (nSPS) is 11.8. The lowest BCUT2D eigenvalue weighted by molar-refractivity contribution is 0.519. The van der Waals surface area contributed by atoms with E-state index in [1.807, 2.05) is 37.3 Å². The quantitative estimate of drug-likeness (QED) is 0.323. The Morgan fingerprint density at radius 1 is 1.07 bits per heavy atom. The van der Waals surface area contributed by atoms with Gasteiger partial charge in [0, 0.05) is 32.2 Å². The summed E-state index contributed by atoms with van der Waals surface area (Å²) in [6.45, 7) is 3.51. The van der Waals surface area contributed by atoms with Crippen molar-refractivity contribution in [3.63, 3.8) is 0 Å². The van der Waals surface area contributed by atoms with Gasteiger partial charge in [-0.2, -0.15) is 0 Å². The van der Waals surface area contributed by atoms with Crippen molar-refractivity contribution < 1.29 is 8.42 Å². The summed E-state index contributed by atoms with van der Waals surface area (Å²) in [5.74, 6) is 0.615. The van der Waals surface area contributed by atoms with Crippen molar-refractivity contribution >= 4 is 51.6 Å². The number of aliphatic imine (C=N–C) groups is 1. The fourth-order valence-corrected chi connectivity index (χ4v) is 3.62. The standard InChI is InChI=1S/C19H25ClN4O2S.HI/c1-4-21-19(22-13-15-9-11-17(20)12-10-15)23-14-16-7-5-6-8-18(16)27(25,26)24(2)3;/h5-12H,4,13-14H2,1-3H3,(H2,21,22,23);1H. The van der Waals surface area contributed by atoms with Crippen molar-refractivity contribution in [2.45, 2.75) is 24.9 Å². The first-order valence-electron chi connectivity index (χ1n) is 8.61. The Hall–Kier alpha value is -1.36. The molecule has 0 aromatic heterocycles. The van der Waals surface area contributed by atoms with Crippen LogP contribution >= 0.6 is 35.6 Å². The van der Waals surface area contributed by atoms with E-state index in [1.54, 1.807) is 18.2 Å². The van der Waals surface area contributed by atoms with Crippen LogP contribution in [0.4, 0.5) is 0 Å². The third kappa shape index (κ3) is 6.91. The highest BCUT2D eigenvalue weighted by molar-refractivity contribution is 14.0. The van der Waals surface area contributed by atoms with Crippen molar-refractivity contribution in [2.24, 2.45) is 4.99 Å². The molecule has 0 bridgehead atoms. The smallest absolute Gasteiger partial charge is 0.242 e. The van der Waals surface area contributed by atoms with E-state index in [4.69, 9.17) is 11.6 Å². The molecule has 0 unspecified atom stereocenters. The molecule has 0 radical (unpaired) electrons. The highest BCUT2D eigenvalue weighted by Crippen LogP contribution is 2.18. The van der Waals surface area contributed by atoms with Crippen LogP contribution in [0.1, 0.15) is 18.1 Å². The molecule has 0 fully saturated rings. The van der Waals surface area contributed by atoms with E-state index < -0.39 is 10.0 Å². The van der Waals surface area contributed by atoms with Gasteiger partial charge in [0.1, 0.15) is 0 Å². The molecule has 0 aliphatic carbocycles. The molecule has 0 saturated carbocycles. The molecule has 2 aromatic rings. The van der Waals surface area contributed by atoms with Crippen LogP contribution < -0.4 is 10.6 Å². The predicted molar refractivity (Wildman–Crippen MR) is 126 cm³/mol. The molecule has 2 aromatic carbocycles. The zero-order valence-electron chi connectivity index (χ0n) is 16.1. The molecule has 0 saturated heterocycles. The van der Waals surface area contributed by atoms with Crippen LogP contribution in [0, 0.1) is 0 Å². The number of hydrogen-bond donors (Lipinski definition) is 2. The molecule has 0 heterocycles. The average molecular weight is 537 g/mol. The third-order valence-corrected chi connectivity index (χ3v) is 6.02. The number of nitrogens with one attached hydrogen (secondary N) is 2. The Morgan fingerprint density at radius 2 is 1.71 bits per heavy atom. The van der Waals surface area contributed by atoms with E-state index in [1.165, 1.54) is 18.4 Å². The summed E-state index contributed by atoms with van der Waals surface area (Å²) in [5.41, 5.74) is 1.72. The zero-order chi connectivity index (χ0) is 19.9. The summed E-state index contributed by atoms with van der Waals surface area (Å²) in [6.07, 6.45) is 0. The number of sulfonamides is 1. The Kier molecular flexibility index (Phi) is 10.2. The Labute approximate surface area is 189 Å². The first-order chi connectivity index (χ1) is 12.8. The first-order valence-corrected chi connectivity index (χ1v) is 10.4. The molecule has 154 valence electrons. The number of hydrogen-bond acceptors (Lipinski definition) is 3. The lowest BCUT2D eigenvalue weighted by Crippen LogP contribution is -2.37. The van der Waals surface area contributed by atoms with Gasteiger partial charge < -0.3 is 10.6 Å². The van der Waals surface area contributed by atoms with Gasteiger partial charge in [-0.15, -0.1) is 24.0 Å². The van der Waals surface area contributed by atoms with Crippen LogP contribution in [-0.4, -0.2) is 39.3 Å². The zero-order valence-corrected chi connectivity index (χ0v) is 20.0. The van der Waals surface area contributed by atoms with Crippen LogP contribution in [0.5, 0.6) is 0 Å². The Bertz CT molecular complexity index is 887. The number of guanidine groups is 1. The van der Waals surface area contributed by atoms with Crippen molar-refractivity contribution in [1.29, 1.82) is 0 Å². The second-order valence-corrected chi connectivity index (χ2v) is 8.63. The van der Waals surface area contributed by atoms with E-state index >= 15 is 0 Å². The second kappa shape index (κ2) is 11.6. The highest BCUT2D eigenvalue weighted by Gasteiger charge is 2.20. The van der Waals surface area contributed by atoms with E-state index in [9.17, 15) is 8.42 Å². The molecule has 0 amide bonds. The fourth-order valence-electron chi connectivity index (χ4n) is 2.38. The Balaban J connectivity index is 0.00000392. The van der Waals surface area contributed by atoms with E-state index in [2.05, 4.69) is 15.6 Å². The van der Waals surface area contributed by atoms with Crippen molar-refractivity contribution in [3.8, 4) is 0 Å². The van der Waals surface area contributed by atoms with Gasteiger partial charge in [-0.3, -0.25) is 0 Å². The fraction of sp³-hybridized carbons (Fsp3) is 0.316. The summed E-state index contributed by atoms with van der Waals surface area (Å²) in [5, 5.41) is 7.05. The van der Waals surface area contributed by atoms with Crippen molar-refractivity contribution in [3.05, 3.63) is 64.7 Å². The average Bonchev–Trinajstić information content (AvgIpc) is 2.65.